The summed E-state index contributed by atoms with van der Waals surface area (Å²) in [6, 6.07) is 5.51. The van der Waals surface area contributed by atoms with Gasteiger partial charge in [0, 0.05) is 12.3 Å². The van der Waals surface area contributed by atoms with Gasteiger partial charge in [0.05, 0.1) is 6.54 Å². The molecule has 1 heterocycles. The molecule has 0 saturated carbocycles. The fourth-order valence-corrected chi connectivity index (χ4v) is 2.13. The highest BCUT2D eigenvalue weighted by atomic mass is 32.2. The molecule has 0 unspecified atom stereocenters. The Morgan fingerprint density at radius 1 is 1.50 bits per heavy atom. The Morgan fingerprint density at radius 3 is 2.94 bits per heavy atom. The molecule has 0 aliphatic carbocycles. The van der Waals surface area contributed by atoms with Crippen molar-refractivity contribution in [2.75, 3.05) is 18.1 Å². The number of nitrogens with one attached hydrogen (secondary N) is 1. The van der Waals surface area contributed by atoms with Crippen molar-refractivity contribution in [3.8, 4) is 6.07 Å². The zero-order chi connectivity index (χ0) is 11.8. The summed E-state index contributed by atoms with van der Waals surface area (Å²) in [4.78, 5) is 0. The molecule has 88 valence electrons. The largest absolute Gasteiger partial charge is 0.449 e. The molecule has 0 aromatic carbocycles. The van der Waals surface area contributed by atoms with Crippen LogP contribution in [0.2, 0.25) is 0 Å². The van der Waals surface area contributed by atoms with Gasteiger partial charge in [0.15, 0.2) is 0 Å². The molecule has 0 amide bonds. The normalized spacial score (nSPS) is 10.6. The molecule has 1 aromatic heterocycles. The predicted octanol–water partition coefficient (Wildman–Crippen LogP) is 2.63. The molecule has 1 rings (SSSR count). The predicted molar refractivity (Wildman–Crippen MR) is 67.3 cm³/mol. The molecule has 4 heteroatoms. The molecule has 0 aliphatic rings. The van der Waals surface area contributed by atoms with Crippen LogP contribution in [0.25, 0.3) is 0 Å². The molecule has 1 N–H and O–H groups in total. The Hall–Kier alpha value is -0.920. The van der Waals surface area contributed by atoms with E-state index in [1.54, 1.807) is 6.07 Å². The summed E-state index contributed by atoms with van der Waals surface area (Å²) < 4.78 is 5.25. The van der Waals surface area contributed by atoms with E-state index in [9.17, 15) is 0 Å². The average Bonchev–Trinajstić information content (AvgIpc) is 2.70. The van der Waals surface area contributed by atoms with Gasteiger partial charge in [0.25, 0.3) is 0 Å². The van der Waals surface area contributed by atoms with Gasteiger partial charge in [0.1, 0.15) is 11.8 Å². The number of nitrogens with zero attached hydrogens (tertiary/aromatic N) is 1. The number of nitriles is 1. The summed E-state index contributed by atoms with van der Waals surface area (Å²) in [5.41, 5.74) is 0. The van der Waals surface area contributed by atoms with Gasteiger partial charge in [-0.05, 0) is 23.8 Å². The summed E-state index contributed by atoms with van der Waals surface area (Å²) in [6.07, 6.45) is 0. The van der Waals surface area contributed by atoms with E-state index >= 15 is 0 Å². The Bertz CT molecular complexity index is 341. The van der Waals surface area contributed by atoms with E-state index in [0.717, 1.165) is 24.0 Å². The van der Waals surface area contributed by atoms with Crippen molar-refractivity contribution in [3.05, 3.63) is 23.7 Å². The summed E-state index contributed by atoms with van der Waals surface area (Å²) in [6.45, 7) is 6.13. The molecule has 0 aliphatic heterocycles. The number of thioether (sulfide) groups is 1. The van der Waals surface area contributed by atoms with Gasteiger partial charge < -0.3 is 9.73 Å². The van der Waals surface area contributed by atoms with Gasteiger partial charge in [-0.1, -0.05) is 13.8 Å². The van der Waals surface area contributed by atoms with Crippen LogP contribution in [-0.2, 0) is 6.54 Å². The van der Waals surface area contributed by atoms with Crippen LogP contribution < -0.4 is 5.32 Å². The Labute approximate surface area is 101 Å². The molecule has 0 atom stereocenters. The van der Waals surface area contributed by atoms with Crippen LogP contribution >= 0.6 is 11.8 Å². The first-order valence-corrected chi connectivity index (χ1v) is 6.65. The van der Waals surface area contributed by atoms with Gasteiger partial charge in [-0.15, -0.1) is 0 Å². The highest BCUT2D eigenvalue weighted by Crippen LogP contribution is 2.07. The standard InChI is InChI=1S/C12H18N2OS/c1-10(2)9-16-6-5-14-8-12-4-3-11(7-13)15-12/h3-4,10,14H,5-6,8-9H2,1-2H3. The molecule has 0 fully saturated rings. The fraction of sp³-hybridized carbons (Fsp3) is 0.583. The third-order valence-corrected chi connectivity index (χ3v) is 3.34. The minimum absolute atomic E-state index is 0.381. The minimum Gasteiger partial charge on any atom is -0.449 e. The summed E-state index contributed by atoms with van der Waals surface area (Å²) >= 11 is 1.96. The second kappa shape index (κ2) is 7.37. The zero-order valence-corrected chi connectivity index (χ0v) is 10.6. The van der Waals surface area contributed by atoms with E-state index in [0.29, 0.717) is 12.3 Å². The molecule has 3 nitrogen and oxygen atoms in total. The maximum Gasteiger partial charge on any atom is 0.203 e. The molecular weight excluding hydrogens is 220 g/mol. The zero-order valence-electron chi connectivity index (χ0n) is 9.82. The summed E-state index contributed by atoms with van der Waals surface area (Å²) in [5, 5.41) is 11.9. The smallest absolute Gasteiger partial charge is 0.203 e. The molecule has 0 radical (unpaired) electrons. The van der Waals surface area contributed by atoms with Crippen molar-refractivity contribution < 1.29 is 4.42 Å². The van der Waals surface area contributed by atoms with Gasteiger partial charge in [0.2, 0.25) is 5.76 Å². The van der Waals surface area contributed by atoms with Crippen molar-refractivity contribution in [1.29, 1.82) is 5.26 Å². The van der Waals surface area contributed by atoms with Gasteiger partial charge in [-0.3, -0.25) is 0 Å². The highest BCUT2D eigenvalue weighted by molar-refractivity contribution is 7.99. The van der Waals surface area contributed by atoms with Crippen LogP contribution in [0.3, 0.4) is 0 Å². The van der Waals surface area contributed by atoms with Gasteiger partial charge in [-0.25, -0.2) is 0 Å². The molecule has 0 spiro atoms. The van der Waals surface area contributed by atoms with Crippen molar-refractivity contribution in [2.24, 2.45) is 5.92 Å². The van der Waals surface area contributed by atoms with E-state index in [4.69, 9.17) is 9.68 Å². The summed E-state index contributed by atoms with van der Waals surface area (Å²) in [7, 11) is 0. The van der Waals surface area contributed by atoms with E-state index in [1.165, 1.54) is 5.75 Å². The highest BCUT2D eigenvalue weighted by Gasteiger charge is 2.00. The molecule has 0 bridgehead atoms. The van der Waals surface area contributed by atoms with Crippen molar-refractivity contribution in [1.82, 2.24) is 5.32 Å². The average molecular weight is 238 g/mol. The van der Waals surface area contributed by atoms with Crippen molar-refractivity contribution in [2.45, 2.75) is 20.4 Å². The Morgan fingerprint density at radius 2 is 2.31 bits per heavy atom. The second-order valence-corrected chi connectivity index (χ2v) is 5.17. The lowest BCUT2D eigenvalue weighted by atomic mass is 10.3. The van der Waals surface area contributed by atoms with Crippen molar-refractivity contribution >= 4 is 11.8 Å². The first-order valence-electron chi connectivity index (χ1n) is 5.49. The van der Waals surface area contributed by atoms with Crippen LogP contribution in [-0.4, -0.2) is 18.1 Å². The monoisotopic (exact) mass is 238 g/mol. The maximum absolute atomic E-state index is 8.58. The fourth-order valence-electron chi connectivity index (χ4n) is 1.21. The summed E-state index contributed by atoms with van der Waals surface area (Å²) in [5.74, 6) is 4.29. The second-order valence-electron chi connectivity index (χ2n) is 4.02. The van der Waals surface area contributed by atoms with E-state index < -0.39 is 0 Å². The quantitative estimate of drug-likeness (QED) is 0.742. The van der Waals surface area contributed by atoms with E-state index in [2.05, 4.69) is 19.2 Å². The first kappa shape index (κ1) is 13.1. The molecular formula is C12H18N2OS. The third-order valence-electron chi connectivity index (χ3n) is 1.95. The molecule has 16 heavy (non-hydrogen) atoms. The van der Waals surface area contributed by atoms with Gasteiger partial charge in [-0.2, -0.15) is 17.0 Å². The van der Waals surface area contributed by atoms with E-state index in [-0.39, 0.29) is 0 Å². The maximum atomic E-state index is 8.58. The SMILES string of the molecule is CC(C)CSCCNCc1ccc(C#N)o1. The lowest BCUT2D eigenvalue weighted by Gasteiger charge is -2.04. The van der Waals surface area contributed by atoms with Crippen LogP contribution in [0.15, 0.2) is 16.5 Å². The van der Waals surface area contributed by atoms with Crippen LogP contribution in [0, 0.1) is 17.2 Å². The molecule has 0 saturated heterocycles. The van der Waals surface area contributed by atoms with E-state index in [1.807, 2.05) is 23.9 Å². The van der Waals surface area contributed by atoms with Crippen LogP contribution in [0.1, 0.15) is 25.4 Å². The Kier molecular flexibility index (Phi) is 6.05. The van der Waals surface area contributed by atoms with Gasteiger partial charge >= 0.3 is 0 Å². The lowest BCUT2D eigenvalue weighted by Crippen LogP contribution is -2.16. The van der Waals surface area contributed by atoms with Crippen LogP contribution in [0.4, 0.5) is 0 Å². The van der Waals surface area contributed by atoms with Crippen molar-refractivity contribution in [3.63, 3.8) is 0 Å². The number of furan rings is 1. The minimum atomic E-state index is 0.381. The van der Waals surface area contributed by atoms with Crippen LogP contribution in [0.5, 0.6) is 0 Å². The topological polar surface area (TPSA) is 49.0 Å². The Balaban J connectivity index is 2.05. The molecule has 1 aromatic rings. The lowest BCUT2D eigenvalue weighted by molar-refractivity contribution is 0.478. The third kappa shape index (κ3) is 5.24. The number of rotatable bonds is 7. The first-order chi connectivity index (χ1) is 7.72. The number of hydrogen-bond donors (Lipinski definition) is 1. The number of hydrogen-bond acceptors (Lipinski definition) is 4.